The van der Waals surface area contributed by atoms with E-state index in [1.54, 1.807) is 0 Å². The van der Waals surface area contributed by atoms with Crippen molar-refractivity contribution in [1.82, 2.24) is 9.78 Å². The normalized spacial score (nSPS) is 11.1. The quantitative estimate of drug-likeness (QED) is 0.780. The average molecular weight is 206 g/mol. The predicted molar refractivity (Wildman–Crippen MR) is 54.9 cm³/mol. The largest absolute Gasteiger partial charge is 0.365 e. The van der Waals surface area contributed by atoms with Gasteiger partial charge in [0.2, 0.25) is 0 Å². The van der Waals surface area contributed by atoms with Crippen LogP contribution < -0.4 is 5.73 Å². The summed E-state index contributed by atoms with van der Waals surface area (Å²) in [6, 6.07) is 1.95. The topological polar surface area (TPSA) is 84.7 Å². The van der Waals surface area contributed by atoms with E-state index < -0.39 is 5.91 Å². The first-order valence-corrected chi connectivity index (χ1v) is 4.61. The van der Waals surface area contributed by atoms with Gasteiger partial charge in [-0.05, 0) is 5.41 Å². The lowest BCUT2D eigenvalue weighted by Gasteiger charge is -2.18. The van der Waals surface area contributed by atoms with E-state index in [9.17, 15) is 4.79 Å². The molecular weight excluding hydrogens is 192 g/mol. The molecule has 0 radical (unpaired) electrons. The first-order valence-electron chi connectivity index (χ1n) is 4.61. The highest BCUT2D eigenvalue weighted by Gasteiger charge is 2.19. The van der Waals surface area contributed by atoms with E-state index in [4.69, 9.17) is 11.0 Å². The van der Waals surface area contributed by atoms with Crippen LogP contribution in [0, 0.1) is 16.7 Å². The molecule has 1 heterocycles. The lowest BCUT2D eigenvalue weighted by Crippen LogP contribution is -2.19. The number of nitrogens with zero attached hydrogens (tertiary/aromatic N) is 3. The van der Waals surface area contributed by atoms with Crippen LogP contribution in [-0.2, 0) is 6.54 Å². The molecule has 1 aromatic rings. The van der Waals surface area contributed by atoms with E-state index in [0.29, 0.717) is 6.54 Å². The van der Waals surface area contributed by atoms with Gasteiger partial charge in [0.05, 0.1) is 11.8 Å². The van der Waals surface area contributed by atoms with Crippen LogP contribution in [-0.4, -0.2) is 15.7 Å². The molecule has 0 aliphatic heterocycles. The summed E-state index contributed by atoms with van der Waals surface area (Å²) in [7, 11) is 0. The van der Waals surface area contributed by atoms with Gasteiger partial charge in [-0.2, -0.15) is 10.4 Å². The lowest BCUT2D eigenvalue weighted by atomic mass is 9.97. The number of nitriles is 1. The van der Waals surface area contributed by atoms with Gasteiger partial charge < -0.3 is 5.73 Å². The fraction of sp³-hybridized carbons (Fsp3) is 0.500. The van der Waals surface area contributed by atoms with Gasteiger partial charge in [0.25, 0.3) is 5.91 Å². The molecule has 5 heteroatoms. The van der Waals surface area contributed by atoms with Gasteiger partial charge in [0, 0.05) is 6.54 Å². The minimum Gasteiger partial charge on any atom is -0.365 e. The van der Waals surface area contributed by atoms with Crippen molar-refractivity contribution in [2.24, 2.45) is 11.1 Å². The summed E-state index contributed by atoms with van der Waals surface area (Å²) in [5.41, 5.74) is 5.53. The molecule has 80 valence electrons. The van der Waals surface area contributed by atoms with Gasteiger partial charge in [0.1, 0.15) is 6.07 Å². The molecule has 15 heavy (non-hydrogen) atoms. The molecule has 0 aliphatic rings. The Labute approximate surface area is 88.5 Å². The van der Waals surface area contributed by atoms with Crippen LogP contribution in [0.2, 0.25) is 0 Å². The summed E-state index contributed by atoms with van der Waals surface area (Å²) in [4.78, 5) is 11.0. The van der Waals surface area contributed by atoms with Gasteiger partial charge in [-0.25, -0.2) is 0 Å². The standard InChI is InChI=1S/C10H14N4O/c1-10(2,3)6-14-8(4-11)7(5-13-14)9(12)15/h5H,6H2,1-3H3,(H2,12,15). The van der Waals surface area contributed by atoms with Crippen molar-refractivity contribution < 1.29 is 4.79 Å². The summed E-state index contributed by atoms with van der Waals surface area (Å²) in [6.45, 7) is 6.66. The molecule has 2 N–H and O–H groups in total. The van der Waals surface area contributed by atoms with Crippen molar-refractivity contribution in [2.45, 2.75) is 27.3 Å². The maximum absolute atomic E-state index is 11.0. The maximum atomic E-state index is 11.0. The number of carbonyl (C=O) groups is 1. The van der Waals surface area contributed by atoms with Crippen LogP contribution in [0.1, 0.15) is 36.8 Å². The first-order chi connectivity index (χ1) is 6.85. The minimum absolute atomic E-state index is 0.00740. The Morgan fingerprint density at radius 3 is 2.67 bits per heavy atom. The zero-order valence-corrected chi connectivity index (χ0v) is 9.11. The van der Waals surface area contributed by atoms with Gasteiger partial charge in [-0.3, -0.25) is 9.48 Å². The molecule has 1 aromatic heterocycles. The van der Waals surface area contributed by atoms with E-state index >= 15 is 0 Å². The van der Waals surface area contributed by atoms with Gasteiger partial charge in [-0.1, -0.05) is 20.8 Å². The van der Waals surface area contributed by atoms with Crippen LogP contribution in [0.4, 0.5) is 0 Å². The molecule has 1 rings (SSSR count). The molecule has 0 aliphatic carbocycles. The number of rotatable bonds is 2. The van der Waals surface area contributed by atoms with Crippen LogP contribution >= 0.6 is 0 Å². The molecule has 0 unspecified atom stereocenters. The van der Waals surface area contributed by atoms with Crippen molar-refractivity contribution in [3.8, 4) is 6.07 Å². The van der Waals surface area contributed by atoms with E-state index in [1.165, 1.54) is 10.9 Å². The summed E-state index contributed by atoms with van der Waals surface area (Å²) in [5, 5.41) is 12.9. The Hall–Kier alpha value is -1.83. The molecular formula is C10H14N4O. The van der Waals surface area contributed by atoms with Gasteiger partial charge in [-0.15, -0.1) is 0 Å². The fourth-order valence-electron chi connectivity index (χ4n) is 1.25. The molecule has 0 aromatic carbocycles. The highest BCUT2D eigenvalue weighted by molar-refractivity contribution is 5.94. The average Bonchev–Trinajstić information content (AvgIpc) is 2.44. The van der Waals surface area contributed by atoms with Crippen molar-refractivity contribution in [3.63, 3.8) is 0 Å². The molecule has 0 bridgehead atoms. The van der Waals surface area contributed by atoms with E-state index in [0.717, 1.165) is 0 Å². The van der Waals surface area contributed by atoms with Crippen molar-refractivity contribution in [3.05, 3.63) is 17.5 Å². The second kappa shape index (κ2) is 3.73. The van der Waals surface area contributed by atoms with Crippen LogP contribution in [0.5, 0.6) is 0 Å². The molecule has 0 saturated heterocycles. The third kappa shape index (κ3) is 2.56. The monoisotopic (exact) mass is 206 g/mol. The molecule has 0 saturated carbocycles. The Balaban J connectivity index is 3.12. The number of aromatic nitrogens is 2. The number of nitrogens with two attached hydrogens (primary N) is 1. The highest BCUT2D eigenvalue weighted by Crippen LogP contribution is 2.18. The van der Waals surface area contributed by atoms with E-state index in [1.807, 2.05) is 26.8 Å². The van der Waals surface area contributed by atoms with Crippen LogP contribution in [0.25, 0.3) is 0 Å². The smallest absolute Gasteiger partial charge is 0.253 e. The number of primary amides is 1. The van der Waals surface area contributed by atoms with Crippen molar-refractivity contribution in [2.75, 3.05) is 0 Å². The Bertz CT molecular complexity index is 420. The lowest BCUT2D eigenvalue weighted by molar-refractivity contribution is 0.1000. The molecule has 5 nitrogen and oxygen atoms in total. The van der Waals surface area contributed by atoms with Gasteiger partial charge >= 0.3 is 0 Å². The number of carbonyl (C=O) groups excluding carboxylic acids is 1. The Morgan fingerprint density at radius 1 is 1.67 bits per heavy atom. The summed E-state index contributed by atoms with van der Waals surface area (Å²) in [6.07, 6.45) is 1.34. The maximum Gasteiger partial charge on any atom is 0.253 e. The van der Waals surface area contributed by atoms with Crippen molar-refractivity contribution in [1.29, 1.82) is 5.26 Å². The summed E-state index contributed by atoms with van der Waals surface area (Å²) in [5.74, 6) is -0.619. The predicted octanol–water partition coefficient (Wildman–Crippen LogP) is 0.900. The second-order valence-electron chi connectivity index (χ2n) is 4.60. The highest BCUT2D eigenvalue weighted by atomic mass is 16.1. The molecule has 0 spiro atoms. The fourth-order valence-corrected chi connectivity index (χ4v) is 1.25. The Morgan fingerprint density at radius 2 is 2.27 bits per heavy atom. The number of hydrogen-bond acceptors (Lipinski definition) is 3. The molecule has 0 fully saturated rings. The third-order valence-electron chi connectivity index (χ3n) is 1.83. The molecule has 0 atom stereocenters. The van der Waals surface area contributed by atoms with Crippen LogP contribution in [0.3, 0.4) is 0 Å². The summed E-state index contributed by atoms with van der Waals surface area (Å²) < 4.78 is 1.51. The summed E-state index contributed by atoms with van der Waals surface area (Å²) >= 11 is 0. The van der Waals surface area contributed by atoms with Crippen molar-refractivity contribution >= 4 is 5.91 Å². The molecule has 1 amide bonds. The number of amides is 1. The SMILES string of the molecule is CC(C)(C)Cn1ncc(C(N)=O)c1C#N. The third-order valence-corrected chi connectivity index (χ3v) is 1.83. The zero-order valence-electron chi connectivity index (χ0n) is 9.11. The van der Waals surface area contributed by atoms with Crippen LogP contribution in [0.15, 0.2) is 6.20 Å². The zero-order chi connectivity index (χ0) is 11.6. The Kier molecular flexibility index (Phi) is 2.80. The van der Waals surface area contributed by atoms with E-state index in [-0.39, 0.29) is 16.7 Å². The second-order valence-corrected chi connectivity index (χ2v) is 4.60. The minimum atomic E-state index is -0.619. The van der Waals surface area contributed by atoms with E-state index in [2.05, 4.69) is 5.10 Å². The van der Waals surface area contributed by atoms with Gasteiger partial charge in [0.15, 0.2) is 5.69 Å². The first kappa shape index (κ1) is 11.2. The number of hydrogen-bond donors (Lipinski definition) is 1.